The van der Waals surface area contributed by atoms with Gasteiger partial charge in [-0.05, 0) is 23.3 Å². The van der Waals surface area contributed by atoms with E-state index in [4.69, 9.17) is 9.47 Å². The third kappa shape index (κ3) is 1.85. The third-order valence-corrected chi connectivity index (χ3v) is 4.39. The van der Waals surface area contributed by atoms with Crippen molar-refractivity contribution in [2.45, 2.75) is 12.3 Å². The normalized spacial score (nSPS) is 23.1. The molecule has 22 heavy (non-hydrogen) atoms. The molecule has 2 aromatic rings. The first-order chi connectivity index (χ1) is 10.6. The van der Waals surface area contributed by atoms with Gasteiger partial charge in [0, 0.05) is 11.5 Å². The predicted molar refractivity (Wildman–Crippen MR) is 79.9 cm³/mol. The molecule has 0 aromatic heterocycles. The molecule has 0 saturated heterocycles. The lowest BCUT2D eigenvalue weighted by atomic mass is 9.94. The van der Waals surface area contributed by atoms with E-state index in [0.29, 0.717) is 5.75 Å². The summed E-state index contributed by atoms with van der Waals surface area (Å²) in [6.45, 7) is 0. The molecule has 1 saturated carbocycles. The van der Waals surface area contributed by atoms with E-state index in [1.165, 1.54) is 14.2 Å². The van der Waals surface area contributed by atoms with Crippen molar-refractivity contribution in [3.63, 3.8) is 0 Å². The number of methoxy groups -OCH3 is 2. The topological polar surface area (TPSA) is 72.8 Å². The van der Waals surface area contributed by atoms with Crippen LogP contribution in [0.25, 0.3) is 10.8 Å². The zero-order valence-corrected chi connectivity index (χ0v) is 12.3. The Hall–Kier alpha value is -2.56. The molecule has 0 amide bonds. The summed E-state index contributed by atoms with van der Waals surface area (Å²) in [4.78, 5) is 23.7. The SMILES string of the molecule is COC(=O)C1(C(=O)O)CC1c1c(OC)ccc2ccccc12. The maximum absolute atomic E-state index is 12.0. The van der Waals surface area contributed by atoms with Gasteiger partial charge < -0.3 is 14.6 Å². The van der Waals surface area contributed by atoms with Gasteiger partial charge in [0.1, 0.15) is 5.75 Å². The van der Waals surface area contributed by atoms with Crippen LogP contribution < -0.4 is 4.74 Å². The first-order valence-corrected chi connectivity index (χ1v) is 6.93. The standard InChI is InChI=1S/C17H16O5/c1-21-13-8-7-10-5-3-4-6-11(10)14(13)12-9-17(12,15(18)19)16(20)22-2/h3-8,12H,9H2,1-2H3,(H,18,19). The Balaban J connectivity index is 2.19. The molecular weight excluding hydrogens is 284 g/mol. The van der Waals surface area contributed by atoms with Gasteiger partial charge in [-0.1, -0.05) is 30.3 Å². The van der Waals surface area contributed by atoms with Gasteiger partial charge in [-0.3, -0.25) is 9.59 Å². The predicted octanol–water partition coefficient (Wildman–Crippen LogP) is 2.58. The molecule has 2 atom stereocenters. The molecule has 114 valence electrons. The Morgan fingerprint density at radius 1 is 1.18 bits per heavy atom. The highest BCUT2D eigenvalue weighted by Gasteiger charge is 2.68. The minimum absolute atomic E-state index is 0.222. The number of carbonyl (C=O) groups is 2. The maximum Gasteiger partial charge on any atom is 0.323 e. The minimum Gasteiger partial charge on any atom is -0.496 e. The van der Waals surface area contributed by atoms with E-state index >= 15 is 0 Å². The number of carboxylic acid groups (broad SMARTS) is 1. The average Bonchev–Trinajstić information content (AvgIpc) is 3.29. The van der Waals surface area contributed by atoms with Crippen molar-refractivity contribution in [1.82, 2.24) is 0 Å². The minimum atomic E-state index is -1.51. The number of ether oxygens (including phenoxy) is 2. The molecule has 1 N–H and O–H groups in total. The fraction of sp³-hybridized carbons (Fsp3) is 0.294. The summed E-state index contributed by atoms with van der Waals surface area (Å²) in [5, 5.41) is 11.4. The van der Waals surface area contributed by atoms with Crippen LogP contribution in [0.15, 0.2) is 36.4 Å². The van der Waals surface area contributed by atoms with Crippen LogP contribution in [0.2, 0.25) is 0 Å². The fourth-order valence-electron chi connectivity index (χ4n) is 3.16. The second kappa shape index (κ2) is 5.02. The lowest BCUT2D eigenvalue weighted by molar-refractivity contribution is -0.159. The van der Waals surface area contributed by atoms with Crippen LogP contribution in [0.3, 0.4) is 0 Å². The van der Waals surface area contributed by atoms with E-state index in [1.807, 2.05) is 30.3 Å². The number of hydrogen-bond acceptors (Lipinski definition) is 4. The highest BCUT2D eigenvalue weighted by atomic mass is 16.5. The molecule has 1 aliphatic rings. The summed E-state index contributed by atoms with van der Waals surface area (Å²) in [6, 6.07) is 11.4. The molecule has 5 heteroatoms. The lowest BCUT2D eigenvalue weighted by Gasteiger charge is -2.15. The average molecular weight is 300 g/mol. The van der Waals surface area contributed by atoms with Crippen molar-refractivity contribution >= 4 is 22.7 Å². The number of carbonyl (C=O) groups excluding carboxylic acids is 1. The van der Waals surface area contributed by atoms with E-state index in [1.54, 1.807) is 6.07 Å². The first kappa shape index (κ1) is 14.4. The van der Waals surface area contributed by atoms with Crippen LogP contribution in [-0.2, 0) is 14.3 Å². The Bertz CT molecular complexity index is 767. The molecule has 3 rings (SSSR count). The Kier molecular flexibility index (Phi) is 3.28. The zero-order valence-electron chi connectivity index (χ0n) is 12.3. The van der Waals surface area contributed by atoms with Gasteiger partial charge in [-0.2, -0.15) is 0 Å². The van der Waals surface area contributed by atoms with Crippen molar-refractivity contribution in [2.24, 2.45) is 5.41 Å². The van der Waals surface area contributed by atoms with E-state index < -0.39 is 23.3 Å². The van der Waals surface area contributed by atoms with E-state index in [0.717, 1.165) is 16.3 Å². The molecular formula is C17H16O5. The van der Waals surface area contributed by atoms with Crippen LogP contribution in [0.4, 0.5) is 0 Å². The third-order valence-electron chi connectivity index (χ3n) is 4.39. The molecule has 0 bridgehead atoms. The summed E-state index contributed by atoms with van der Waals surface area (Å²) < 4.78 is 10.1. The number of esters is 1. The maximum atomic E-state index is 12.0. The number of benzene rings is 2. The van der Waals surface area contributed by atoms with Gasteiger partial charge in [0.25, 0.3) is 0 Å². The van der Waals surface area contributed by atoms with Crippen molar-refractivity contribution in [1.29, 1.82) is 0 Å². The van der Waals surface area contributed by atoms with Crippen molar-refractivity contribution in [3.05, 3.63) is 42.0 Å². The summed E-state index contributed by atoms with van der Waals surface area (Å²) >= 11 is 0. The summed E-state index contributed by atoms with van der Waals surface area (Å²) in [7, 11) is 2.75. The number of rotatable bonds is 4. The highest BCUT2D eigenvalue weighted by molar-refractivity contribution is 6.05. The second-order valence-corrected chi connectivity index (χ2v) is 5.43. The molecule has 5 nitrogen and oxygen atoms in total. The molecule has 0 heterocycles. The van der Waals surface area contributed by atoms with Crippen LogP contribution >= 0.6 is 0 Å². The van der Waals surface area contributed by atoms with Crippen molar-refractivity contribution in [3.8, 4) is 5.75 Å². The van der Waals surface area contributed by atoms with Crippen molar-refractivity contribution in [2.75, 3.05) is 14.2 Å². The van der Waals surface area contributed by atoms with Gasteiger partial charge in [0.05, 0.1) is 14.2 Å². The molecule has 2 unspecified atom stereocenters. The molecule has 0 spiro atoms. The van der Waals surface area contributed by atoms with Crippen LogP contribution in [-0.4, -0.2) is 31.3 Å². The summed E-state index contributed by atoms with van der Waals surface area (Å²) in [5.74, 6) is -1.71. The van der Waals surface area contributed by atoms with Gasteiger partial charge in [0.15, 0.2) is 5.41 Å². The number of carboxylic acids is 1. The second-order valence-electron chi connectivity index (χ2n) is 5.43. The van der Waals surface area contributed by atoms with E-state index in [-0.39, 0.29) is 6.42 Å². The van der Waals surface area contributed by atoms with E-state index in [9.17, 15) is 14.7 Å². The number of hydrogen-bond donors (Lipinski definition) is 1. The van der Waals surface area contributed by atoms with Crippen LogP contribution in [0.1, 0.15) is 17.9 Å². The molecule has 0 radical (unpaired) electrons. The molecule has 1 aliphatic carbocycles. The van der Waals surface area contributed by atoms with Crippen LogP contribution in [0, 0.1) is 5.41 Å². The lowest BCUT2D eigenvalue weighted by Crippen LogP contribution is -2.28. The fourth-order valence-corrected chi connectivity index (χ4v) is 3.16. The van der Waals surface area contributed by atoms with E-state index in [2.05, 4.69) is 0 Å². The van der Waals surface area contributed by atoms with Gasteiger partial charge in [-0.25, -0.2) is 0 Å². The number of fused-ring (bicyclic) bond motifs is 1. The van der Waals surface area contributed by atoms with Gasteiger partial charge in [0.2, 0.25) is 0 Å². The molecule has 1 fully saturated rings. The van der Waals surface area contributed by atoms with Crippen molar-refractivity contribution < 1.29 is 24.2 Å². The molecule has 2 aromatic carbocycles. The first-order valence-electron chi connectivity index (χ1n) is 6.93. The molecule has 0 aliphatic heterocycles. The Morgan fingerprint density at radius 3 is 2.55 bits per heavy atom. The Labute approximate surface area is 127 Å². The smallest absolute Gasteiger partial charge is 0.323 e. The quantitative estimate of drug-likeness (QED) is 0.694. The zero-order chi connectivity index (χ0) is 15.9. The Morgan fingerprint density at radius 2 is 1.91 bits per heavy atom. The highest BCUT2D eigenvalue weighted by Crippen LogP contribution is 2.63. The number of aliphatic carboxylic acids is 1. The summed E-state index contributed by atoms with van der Waals surface area (Å²) in [6.07, 6.45) is 0.222. The van der Waals surface area contributed by atoms with Gasteiger partial charge >= 0.3 is 11.9 Å². The monoisotopic (exact) mass is 300 g/mol. The van der Waals surface area contributed by atoms with Gasteiger partial charge in [-0.15, -0.1) is 0 Å². The largest absolute Gasteiger partial charge is 0.496 e. The van der Waals surface area contributed by atoms with Crippen LogP contribution in [0.5, 0.6) is 5.75 Å². The summed E-state index contributed by atoms with van der Waals surface area (Å²) in [5.41, 5.74) is -0.750.